The Morgan fingerprint density at radius 1 is 1.19 bits per heavy atom. The number of benzene rings is 1. The number of methoxy groups -OCH3 is 1. The first-order valence-electron chi connectivity index (χ1n) is 8.34. The number of piperidine rings is 1. The van der Waals surface area contributed by atoms with E-state index in [1.165, 1.54) is 44.2 Å². The van der Waals surface area contributed by atoms with Crippen molar-refractivity contribution in [1.29, 1.82) is 0 Å². The third kappa shape index (κ3) is 2.76. The van der Waals surface area contributed by atoms with Crippen molar-refractivity contribution >= 4 is 5.69 Å². The Bertz CT molecular complexity index is 484. The molecular weight excluding hydrogens is 262 g/mol. The van der Waals surface area contributed by atoms with Gasteiger partial charge in [-0.1, -0.05) is 18.9 Å². The topological polar surface area (TPSA) is 32.7 Å². The molecule has 3 rings (SSSR count). The van der Waals surface area contributed by atoms with Crippen LogP contribution in [0.15, 0.2) is 18.2 Å². The fraction of sp³-hybridized carbons (Fsp3) is 0.667. The zero-order valence-corrected chi connectivity index (χ0v) is 13.2. The maximum atomic E-state index is 10.2. The molecule has 0 spiro atoms. The maximum absolute atomic E-state index is 10.2. The van der Waals surface area contributed by atoms with E-state index in [1.807, 2.05) is 19.1 Å². The number of nitrogens with zero attached hydrogens (tertiary/aromatic N) is 1. The highest BCUT2D eigenvalue weighted by molar-refractivity contribution is 5.61. The van der Waals surface area contributed by atoms with Gasteiger partial charge in [0.2, 0.25) is 0 Å². The van der Waals surface area contributed by atoms with Crippen LogP contribution in [0, 0.1) is 5.92 Å². The Morgan fingerprint density at radius 2 is 1.95 bits per heavy atom. The summed E-state index contributed by atoms with van der Waals surface area (Å²) >= 11 is 0. The summed E-state index contributed by atoms with van der Waals surface area (Å²) < 4.78 is 5.49. The molecule has 116 valence electrons. The normalized spacial score (nSPS) is 27.1. The molecule has 1 aromatic carbocycles. The van der Waals surface area contributed by atoms with Gasteiger partial charge in [-0.3, -0.25) is 0 Å². The average molecular weight is 289 g/mol. The fourth-order valence-electron chi connectivity index (χ4n) is 4.30. The number of hydrogen-bond acceptors (Lipinski definition) is 3. The van der Waals surface area contributed by atoms with Crippen LogP contribution in [0.4, 0.5) is 5.69 Å². The van der Waals surface area contributed by atoms with E-state index < -0.39 is 6.10 Å². The van der Waals surface area contributed by atoms with Gasteiger partial charge in [0.25, 0.3) is 0 Å². The minimum Gasteiger partial charge on any atom is -0.496 e. The number of rotatable bonds is 3. The fourth-order valence-corrected chi connectivity index (χ4v) is 4.30. The molecule has 0 bridgehead atoms. The molecule has 0 radical (unpaired) electrons. The van der Waals surface area contributed by atoms with E-state index in [2.05, 4.69) is 11.0 Å². The quantitative estimate of drug-likeness (QED) is 0.916. The van der Waals surface area contributed by atoms with E-state index in [1.54, 1.807) is 7.11 Å². The predicted molar refractivity (Wildman–Crippen MR) is 86.0 cm³/mol. The number of ether oxygens (including phenoxy) is 1. The van der Waals surface area contributed by atoms with Crippen molar-refractivity contribution in [2.45, 2.75) is 57.6 Å². The van der Waals surface area contributed by atoms with Crippen LogP contribution in [0.3, 0.4) is 0 Å². The van der Waals surface area contributed by atoms with Crippen molar-refractivity contribution in [2.24, 2.45) is 5.92 Å². The molecule has 2 fully saturated rings. The van der Waals surface area contributed by atoms with E-state index in [0.717, 1.165) is 23.8 Å². The molecule has 3 nitrogen and oxygen atoms in total. The van der Waals surface area contributed by atoms with E-state index in [-0.39, 0.29) is 0 Å². The van der Waals surface area contributed by atoms with E-state index in [0.29, 0.717) is 6.04 Å². The highest BCUT2D eigenvalue weighted by atomic mass is 16.5. The maximum Gasteiger partial charge on any atom is 0.126 e. The van der Waals surface area contributed by atoms with Gasteiger partial charge in [-0.15, -0.1) is 0 Å². The van der Waals surface area contributed by atoms with Gasteiger partial charge in [-0.25, -0.2) is 0 Å². The van der Waals surface area contributed by atoms with Crippen LogP contribution in [0.1, 0.15) is 57.1 Å². The minimum absolute atomic E-state index is 0.500. The van der Waals surface area contributed by atoms with Gasteiger partial charge in [0, 0.05) is 23.8 Å². The molecule has 2 aliphatic rings. The highest BCUT2D eigenvalue weighted by Gasteiger charge is 2.34. The Labute approximate surface area is 127 Å². The van der Waals surface area contributed by atoms with Crippen LogP contribution in [-0.4, -0.2) is 24.8 Å². The first kappa shape index (κ1) is 14.7. The van der Waals surface area contributed by atoms with Crippen LogP contribution in [0.25, 0.3) is 0 Å². The molecular formula is C18H27NO2. The zero-order chi connectivity index (χ0) is 14.8. The van der Waals surface area contributed by atoms with Gasteiger partial charge in [0.05, 0.1) is 13.2 Å². The second kappa shape index (κ2) is 6.27. The summed E-state index contributed by atoms with van der Waals surface area (Å²) in [6.45, 7) is 2.94. The van der Waals surface area contributed by atoms with Crippen LogP contribution in [0.2, 0.25) is 0 Å². The summed E-state index contributed by atoms with van der Waals surface area (Å²) in [6.07, 6.45) is 7.52. The third-order valence-electron chi connectivity index (χ3n) is 5.23. The Morgan fingerprint density at radius 3 is 2.71 bits per heavy atom. The Kier molecular flexibility index (Phi) is 4.39. The first-order chi connectivity index (χ1) is 10.2. The van der Waals surface area contributed by atoms with Gasteiger partial charge in [0.15, 0.2) is 0 Å². The lowest BCUT2D eigenvalue weighted by Gasteiger charge is -2.46. The Hall–Kier alpha value is -1.22. The third-order valence-corrected chi connectivity index (χ3v) is 5.23. The summed E-state index contributed by atoms with van der Waals surface area (Å²) in [7, 11) is 1.69. The average Bonchev–Trinajstić information content (AvgIpc) is 2.53. The van der Waals surface area contributed by atoms with Gasteiger partial charge < -0.3 is 14.7 Å². The summed E-state index contributed by atoms with van der Waals surface area (Å²) in [5, 5.41) is 10.2. The van der Waals surface area contributed by atoms with Crippen molar-refractivity contribution in [3.63, 3.8) is 0 Å². The lowest BCUT2D eigenvalue weighted by atomic mass is 9.78. The number of hydrogen-bond donors (Lipinski definition) is 1. The van der Waals surface area contributed by atoms with Crippen molar-refractivity contribution < 1.29 is 9.84 Å². The Balaban J connectivity index is 1.98. The molecule has 0 amide bonds. The van der Waals surface area contributed by atoms with Crippen molar-refractivity contribution in [3.8, 4) is 5.75 Å². The smallest absolute Gasteiger partial charge is 0.126 e. The predicted octanol–water partition coefficient (Wildman–Crippen LogP) is 3.91. The van der Waals surface area contributed by atoms with E-state index in [4.69, 9.17) is 4.74 Å². The molecule has 1 saturated heterocycles. The number of aliphatic hydroxyl groups excluding tert-OH is 1. The molecule has 3 heteroatoms. The van der Waals surface area contributed by atoms with Crippen LogP contribution in [-0.2, 0) is 0 Å². The lowest BCUT2D eigenvalue weighted by molar-refractivity contribution is 0.192. The molecule has 1 saturated carbocycles. The molecule has 3 atom stereocenters. The summed E-state index contributed by atoms with van der Waals surface area (Å²) in [5.41, 5.74) is 2.13. The molecule has 1 aliphatic carbocycles. The van der Waals surface area contributed by atoms with Crippen LogP contribution >= 0.6 is 0 Å². The monoisotopic (exact) mass is 289 g/mol. The standard InChI is InChI=1S/C18H27NO2/c1-13(20)18-16(10-5-11-17(18)21-2)19-12-6-8-14-7-3-4-9-15(14)19/h5,10-11,13-15,20H,3-4,6-9,12H2,1-2H3. The molecule has 21 heavy (non-hydrogen) atoms. The molecule has 1 aromatic rings. The minimum atomic E-state index is -0.500. The number of anilines is 1. The highest BCUT2D eigenvalue weighted by Crippen LogP contribution is 2.42. The lowest BCUT2D eigenvalue weighted by Crippen LogP contribution is -2.47. The first-order valence-corrected chi connectivity index (χ1v) is 8.34. The largest absolute Gasteiger partial charge is 0.496 e. The van der Waals surface area contributed by atoms with Gasteiger partial charge in [0.1, 0.15) is 5.75 Å². The molecule has 1 N–H and O–H groups in total. The molecule has 3 unspecified atom stereocenters. The summed E-state index contributed by atoms with van der Waals surface area (Å²) in [5.74, 6) is 1.64. The van der Waals surface area contributed by atoms with E-state index in [9.17, 15) is 5.11 Å². The number of fused-ring (bicyclic) bond motifs is 1. The van der Waals surface area contributed by atoms with Gasteiger partial charge >= 0.3 is 0 Å². The SMILES string of the molecule is COc1cccc(N2CCCC3CCCCC32)c1C(C)O. The number of aliphatic hydroxyl groups is 1. The van der Waals surface area contributed by atoms with Crippen LogP contribution in [0.5, 0.6) is 5.75 Å². The zero-order valence-electron chi connectivity index (χ0n) is 13.2. The van der Waals surface area contributed by atoms with Crippen molar-refractivity contribution in [2.75, 3.05) is 18.6 Å². The van der Waals surface area contributed by atoms with Crippen molar-refractivity contribution in [3.05, 3.63) is 23.8 Å². The van der Waals surface area contributed by atoms with E-state index >= 15 is 0 Å². The molecule has 1 heterocycles. The summed E-state index contributed by atoms with van der Waals surface area (Å²) in [4.78, 5) is 2.55. The van der Waals surface area contributed by atoms with Crippen molar-refractivity contribution in [1.82, 2.24) is 0 Å². The second-order valence-electron chi connectivity index (χ2n) is 6.52. The van der Waals surface area contributed by atoms with Gasteiger partial charge in [-0.2, -0.15) is 0 Å². The second-order valence-corrected chi connectivity index (χ2v) is 6.52. The van der Waals surface area contributed by atoms with Gasteiger partial charge in [-0.05, 0) is 50.7 Å². The molecule has 1 aliphatic heterocycles. The summed E-state index contributed by atoms with van der Waals surface area (Å²) in [6, 6.07) is 6.80. The van der Waals surface area contributed by atoms with Crippen LogP contribution < -0.4 is 9.64 Å². The molecule has 0 aromatic heterocycles.